The van der Waals surface area contributed by atoms with Crippen molar-refractivity contribution in [1.29, 1.82) is 5.41 Å². The van der Waals surface area contributed by atoms with Gasteiger partial charge in [-0.1, -0.05) is 6.07 Å². The van der Waals surface area contributed by atoms with E-state index >= 15 is 0 Å². The summed E-state index contributed by atoms with van der Waals surface area (Å²) in [5.74, 6) is -0.231. The van der Waals surface area contributed by atoms with Gasteiger partial charge in [0, 0.05) is 13.6 Å². The van der Waals surface area contributed by atoms with Crippen molar-refractivity contribution in [3.63, 3.8) is 0 Å². The van der Waals surface area contributed by atoms with Crippen LogP contribution in [0.4, 0.5) is 4.39 Å². The number of hydrogen-bond donors (Lipinski definition) is 2. The Bertz CT molecular complexity index is 355. The van der Waals surface area contributed by atoms with E-state index in [2.05, 4.69) is 0 Å². The summed E-state index contributed by atoms with van der Waals surface area (Å²) in [5, 5.41) is 7.19. The van der Waals surface area contributed by atoms with E-state index in [0.717, 1.165) is 11.1 Å². The van der Waals surface area contributed by atoms with Gasteiger partial charge in [0.2, 0.25) is 0 Å². The number of benzene rings is 1. The lowest BCUT2D eigenvalue weighted by molar-refractivity contribution is 0.489. The fourth-order valence-corrected chi connectivity index (χ4v) is 1.18. The molecule has 1 aromatic rings. The molecule has 5 heteroatoms. The van der Waals surface area contributed by atoms with Crippen molar-refractivity contribution in [2.45, 2.75) is 13.5 Å². The number of aryl methyl sites for hydroxylation is 1. The summed E-state index contributed by atoms with van der Waals surface area (Å²) in [6.45, 7) is 2.37. The van der Waals surface area contributed by atoms with Crippen molar-refractivity contribution in [2.24, 2.45) is 5.73 Å². The molecule has 0 aliphatic rings. The average molecular weight is 232 g/mol. The van der Waals surface area contributed by atoms with Gasteiger partial charge in [0.25, 0.3) is 0 Å². The summed E-state index contributed by atoms with van der Waals surface area (Å²) < 4.78 is 12.8. The maximum absolute atomic E-state index is 12.8. The van der Waals surface area contributed by atoms with Crippen LogP contribution in [-0.4, -0.2) is 17.9 Å². The Morgan fingerprint density at radius 2 is 2.13 bits per heavy atom. The van der Waals surface area contributed by atoms with E-state index in [1.807, 2.05) is 6.92 Å². The van der Waals surface area contributed by atoms with Crippen LogP contribution >= 0.6 is 12.4 Å². The summed E-state index contributed by atoms with van der Waals surface area (Å²) in [4.78, 5) is 1.60. The van der Waals surface area contributed by atoms with Crippen LogP contribution in [-0.2, 0) is 6.54 Å². The molecule has 0 aliphatic carbocycles. The third kappa shape index (κ3) is 3.75. The standard InChI is InChI=1S/C10H14FN3.ClH/c1-7-5-9(11)4-3-8(7)6-14(2)10(12)13;/h3-5H,6H2,1-2H3,(H3,12,13);1H. The second kappa shape index (κ2) is 5.56. The van der Waals surface area contributed by atoms with Crippen LogP contribution in [0, 0.1) is 18.2 Å². The fourth-order valence-electron chi connectivity index (χ4n) is 1.18. The first kappa shape index (κ1) is 13.7. The Morgan fingerprint density at radius 1 is 1.53 bits per heavy atom. The normalized spacial score (nSPS) is 9.27. The van der Waals surface area contributed by atoms with Gasteiger partial charge in [-0.25, -0.2) is 4.39 Å². The van der Waals surface area contributed by atoms with E-state index in [1.54, 1.807) is 18.0 Å². The van der Waals surface area contributed by atoms with Crippen molar-refractivity contribution in [2.75, 3.05) is 7.05 Å². The van der Waals surface area contributed by atoms with E-state index in [9.17, 15) is 4.39 Å². The summed E-state index contributed by atoms with van der Waals surface area (Å²) in [6, 6.07) is 4.60. The van der Waals surface area contributed by atoms with E-state index in [-0.39, 0.29) is 24.2 Å². The summed E-state index contributed by atoms with van der Waals surface area (Å²) >= 11 is 0. The number of nitrogens with zero attached hydrogens (tertiary/aromatic N) is 1. The van der Waals surface area contributed by atoms with Gasteiger partial charge in [0.1, 0.15) is 5.82 Å². The molecule has 84 valence electrons. The predicted octanol–water partition coefficient (Wildman–Crippen LogP) is 1.88. The van der Waals surface area contributed by atoms with Crippen LogP contribution in [0.1, 0.15) is 11.1 Å². The van der Waals surface area contributed by atoms with E-state index < -0.39 is 0 Å². The highest BCUT2D eigenvalue weighted by molar-refractivity contribution is 5.85. The number of halogens is 2. The van der Waals surface area contributed by atoms with Crippen LogP contribution in [0.3, 0.4) is 0 Å². The lowest BCUT2D eigenvalue weighted by Gasteiger charge is -2.17. The number of rotatable bonds is 2. The minimum atomic E-state index is -0.239. The zero-order valence-electron chi connectivity index (χ0n) is 8.75. The molecule has 1 aromatic carbocycles. The second-order valence-electron chi connectivity index (χ2n) is 3.31. The van der Waals surface area contributed by atoms with Crippen LogP contribution < -0.4 is 5.73 Å². The van der Waals surface area contributed by atoms with Crippen molar-refractivity contribution in [1.82, 2.24) is 4.90 Å². The largest absolute Gasteiger partial charge is 0.370 e. The van der Waals surface area contributed by atoms with Gasteiger partial charge in [0.05, 0.1) is 0 Å². The van der Waals surface area contributed by atoms with Crippen LogP contribution in [0.15, 0.2) is 18.2 Å². The van der Waals surface area contributed by atoms with Crippen LogP contribution in [0.2, 0.25) is 0 Å². The fraction of sp³-hybridized carbons (Fsp3) is 0.300. The maximum atomic E-state index is 12.8. The van der Waals surface area contributed by atoms with Gasteiger partial charge < -0.3 is 10.6 Å². The molecule has 3 N–H and O–H groups in total. The van der Waals surface area contributed by atoms with Crippen molar-refractivity contribution in [3.8, 4) is 0 Å². The highest BCUT2D eigenvalue weighted by Gasteiger charge is 2.04. The number of guanidine groups is 1. The molecule has 0 saturated heterocycles. The van der Waals surface area contributed by atoms with Gasteiger partial charge in [-0.05, 0) is 30.2 Å². The molecule has 0 radical (unpaired) electrons. The molecule has 0 atom stereocenters. The molecule has 0 saturated carbocycles. The molecule has 15 heavy (non-hydrogen) atoms. The van der Waals surface area contributed by atoms with Gasteiger partial charge in [-0.2, -0.15) is 0 Å². The summed E-state index contributed by atoms with van der Waals surface area (Å²) in [5.41, 5.74) is 7.15. The zero-order valence-corrected chi connectivity index (χ0v) is 9.57. The average Bonchev–Trinajstić information content (AvgIpc) is 2.09. The maximum Gasteiger partial charge on any atom is 0.188 e. The van der Waals surface area contributed by atoms with E-state index in [0.29, 0.717) is 6.54 Å². The van der Waals surface area contributed by atoms with Gasteiger partial charge in [0.15, 0.2) is 5.96 Å². The smallest absolute Gasteiger partial charge is 0.188 e. The first-order valence-corrected chi connectivity index (χ1v) is 4.31. The monoisotopic (exact) mass is 231 g/mol. The van der Waals surface area contributed by atoms with Gasteiger partial charge >= 0.3 is 0 Å². The number of hydrogen-bond acceptors (Lipinski definition) is 1. The molecule has 1 rings (SSSR count). The predicted molar refractivity (Wildman–Crippen MR) is 61.8 cm³/mol. The minimum Gasteiger partial charge on any atom is -0.370 e. The molecule has 0 amide bonds. The Hall–Kier alpha value is -1.29. The Kier molecular flexibility index (Phi) is 5.08. The van der Waals surface area contributed by atoms with Gasteiger partial charge in [-0.15, -0.1) is 12.4 Å². The molecule has 0 aromatic heterocycles. The van der Waals surface area contributed by atoms with Crippen LogP contribution in [0.5, 0.6) is 0 Å². The summed E-state index contributed by atoms with van der Waals surface area (Å²) in [7, 11) is 1.73. The lowest BCUT2D eigenvalue weighted by Crippen LogP contribution is -2.32. The molecule has 3 nitrogen and oxygen atoms in total. The first-order chi connectivity index (χ1) is 6.50. The number of nitrogens with two attached hydrogens (primary N) is 1. The highest BCUT2D eigenvalue weighted by atomic mass is 35.5. The third-order valence-electron chi connectivity index (χ3n) is 2.12. The zero-order chi connectivity index (χ0) is 10.7. The Morgan fingerprint density at radius 3 is 2.60 bits per heavy atom. The first-order valence-electron chi connectivity index (χ1n) is 4.31. The second-order valence-corrected chi connectivity index (χ2v) is 3.31. The molecule has 0 unspecified atom stereocenters. The van der Waals surface area contributed by atoms with E-state index in [4.69, 9.17) is 11.1 Å². The molecule has 0 bridgehead atoms. The Labute approximate surface area is 95.0 Å². The topological polar surface area (TPSA) is 53.1 Å². The molecule has 0 fully saturated rings. The summed E-state index contributed by atoms with van der Waals surface area (Å²) in [6.07, 6.45) is 0. The van der Waals surface area contributed by atoms with E-state index in [1.165, 1.54) is 12.1 Å². The quantitative estimate of drug-likeness (QED) is 0.603. The highest BCUT2D eigenvalue weighted by Crippen LogP contribution is 2.11. The molecular weight excluding hydrogens is 217 g/mol. The minimum absolute atomic E-state index is 0. The lowest BCUT2D eigenvalue weighted by atomic mass is 10.1. The molecular formula is C10H15ClFN3. The van der Waals surface area contributed by atoms with Crippen molar-refractivity contribution >= 4 is 18.4 Å². The third-order valence-corrected chi connectivity index (χ3v) is 2.12. The SMILES string of the molecule is Cc1cc(F)ccc1CN(C)C(=N)N.Cl. The molecule has 0 heterocycles. The molecule has 0 aliphatic heterocycles. The molecule has 0 spiro atoms. The van der Waals surface area contributed by atoms with Crippen molar-refractivity contribution < 1.29 is 4.39 Å². The van der Waals surface area contributed by atoms with Crippen molar-refractivity contribution in [3.05, 3.63) is 35.1 Å². The van der Waals surface area contributed by atoms with Gasteiger partial charge in [-0.3, -0.25) is 5.41 Å². The van der Waals surface area contributed by atoms with Crippen LogP contribution in [0.25, 0.3) is 0 Å². The Balaban J connectivity index is 0.00000196. The number of nitrogens with one attached hydrogen (secondary N) is 1.